The van der Waals surface area contributed by atoms with Gasteiger partial charge in [0.15, 0.2) is 23.9 Å². The molecule has 9 heteroatoms. The highest BCUT2D eigenvalue weighted by Crippen LogP contribution is 2.25. The Morgan fingerprint density at radius 2 is 2.03 bits per heavy atom. The maximum absolute atomic E-state index is 13.5. The van der Waals surface area contributed by atoms with Crippen molar-refractivity contribution in [3.8, 4) is 22.9 Å². The summed E-state index contributed by atoms with van der Waals surface area (Å²) in [6.45, 7) is 0.321. The first kappa shape index (κ1) is 19.8. The zero-order valence-electron chi connectivity index (χ0n) is 16.2. The molecule has 0 atom stereocenters. The lowest BCUT2D eigenvalue weighted by Crippen LogP contribution is -2.30. The zero-order valence-corrected chi connectivity index (χ0v) is 17.0. The second-order valence-corrected chi connectivity index (χ2v) is 7.24. The predicted molar refractivity (Wildman–Crippen MR) is 111 cm³/mol. The van der Waals surface area contributed by atoms with Gasteiger partial charge in [0.25, 0.3) is 5.91 Å². The summed E-state index contributed by atoms with van der Waals surface area (Å²) >= 11 is 1.45. The Labute approximate surface area is 176 Å². The summed E-state index contributed by atoms with van der Waals surface area (Å²) in [4.78, 5) is 17.3. The minimum atomic E-state index is -0.330. The number of carbonyl (C=O) groups is 1. The van der Waals surface area contributed by atoms with Crippen LogP contribution >= 0.6 is 11.3 Å². The Bertz CT molecular complexity index is 1170. The summed E-state index contributed by atoms with van der Waals surface area (Å²) in [6, 6.07) is 13.3. The molecule has 0 saturated carbocycles. The Morgan fingerprint density at radius 3 is 2.83 bits per heavy atom. The van der Waals surface area contributed by atoms with Gasteiger partial charge in [0.2, 0.25) is 4.96 Å². The van der Waals surface area contributed by atoms with Crippen molar-refractivity contribution in [2.24, 2.45) is 0 Å². The number of thiazole rings is 1. The molecule has 2 heterocycles. The normalized spacial score (nSPS) is 10.9. The molecule has 2 aromatic heterocycles. The van der Waals surface area contributed by atoms with Crippen molar-refractivity contribution in [1.82, 2.24) is 19.9 Å². The SMILES string of the molecule is COc1ccccc1OCC(=O)NCCc1csc2nc(-c3cccc(F)c3)nn12. The number of hydrogen-bond acceptors (Lipinski definition) is 6. The van der Waals surface area contributed by atoms with Crippen LogP contribution < -0.4 is 14.8 Å². The molecule has 0 unspecified atom stereocenters. The van der Waals surface area contributed by atoms with E-state index in [4.69, 9.17) is 9.47 Å². The Kier molecular flexibility index (Phi) is 5.89. The van der Waals surface area contributed by atoms with Crippen LogP contribution in [-0.2, 0) is 11.2 Å². The lowest BCUT2D eigenvalue weighted by atomic mass is 10.2. The second-order valence-electron chi connectivity index (χ2n) is 6.41. The van der Waals surface area contributed by atoms with Crippen molar-refractivity contribution in [3.05, 3.63) is 65.4 Å². The third kappa shape index (κ3) is 4.41. The number of halogens is 1. The van der Waals surface area contributed by atoms with E-state index < -0.39 is 0 Å². The van der Waals surface area contributed by atoms with Gasteiger partial charge in [-0.25, -0.2) is 8.91 Å². The predicted octanol–water partition coefficient (Wildman–Crippen LogP) is 3.34. The maximum atomic E-state index is 13.5. The Hall–Kier alpha value is -3.46. The molecule has 2 aromatic carbocycles. The van der Waals surface area contributed by atoms with Gasteiger partial charge in [0.1, 0.15) is 5.82 Å². The van der Waals surface area contributed by atoms with Crippen molar-refractivity contribution in [3.63, 3.8) is 0 Å². The van der Waals surface area contributed by atoms with Gasteiger partial charge in [-0.3, -0.25) is 4.79 Å². The van der Waals surface area contributed by atoms with Crippen LogP contribution in [0.4, 0.5) is 4.39 Å². The number of benzene rings is 2. The third-order valence-corrected chi connectivity index (χ3v) is 5.23. The number of methoxy groups -OCH3 is 1. The van der Waals surface area contributed by atoms with Crippen LogP contribution in [0.2, 0.25) is 0 Å². The lowest BCUT2D eigenvalue weighted by Gasteiger charge is -2.10. The fourth-order valence-electron chi connectivity index (χ4n) is 2.91. The van der Waals surface area contributed by atoms with Crippen LogP contribution in [0, 0.1) is 5.82 Å². The van der Waals surface area contributed by atoms with E-state index >= 15 is 0 Å². The molecular weight excluding hydrogens is 407 g/mol. The Balaban J connectivity index is 1.33. The van der Waals surface area contributed by atoms with E-state index in [1.54, 1.807) is 35.9 Å². The van der Waals surface area contributed by atoms with Crippen LogP contribution in [0.5, 0.6) is 11.5 Å². The molecule has 4 aromatic rings. The second kappa shape index (κ2) is 8.91. The van der Waals surface area contributed by atoms with Crippen LogP contribution in [0.25, 0.3) is 16.3 Å². The number of ether oxygens (including phenoxy) is 2. The summed E-state index contributed by atoms with van der Waals surface area (Å²) in [6.07, 6.45) is 0.576. The lowest BCUT2D eigenvalue weighted by molar-refractivity contribution is -0.123. The molecule has 0 spiro atoms. The highest BCUT2D eigenvalue weighted by molar-refractivity contribution is 7.15. The summed E-state index contributed by atoms with van der Waals surface area (Å²) in [5.74, 6) is 1.00. The van der Waals surface area contributed by atoms with Gasteiger partial charge in [-0.2, -0.15) is 4.98 Å². The van der Waals surface area contributed by atoms with E-state index in [-0.39, 0.29) is 18.3 Å². The van der Waals surface area contributed by atoms with Crippen LogP contribution in [0.15, 0.2) is 53.9 Å². The first-order chi connectivity index (χ1) is 14.6. The number of amides is 1. The van der Waals surface area contributed by atoms with Crippen molar-refractivity contribution >= 4 is 22.2 Å². The smallest absolute Gasteiger partial charge is 0.257 e. The van der Waals surface area contributed by atoms with Crippen molar-refractivity contribution < 1.29 is 18.7 Å². The van der Waals surface area contributed by atoms with Crippen molar-refractivity contribution in [2.75, 3.05) is 20.3 Å². The summed E-state index contributed by atoms with van der Waals surface area (Å²) in [5, 5.41) is 9.25. The molecule has 0 fully saturated rings. The molecule has 4 rings (SSSR count). The summed E-state index contributed by atoms with van der Waals surface area (Å²) < 4.78 is 25.9. The number of para-hydroxylation sites is 2. The molecule has 30 heavy (non-hydrogen) atoms. The number of nitrogens with zero attached hydrogens (tertiary/aromatic N) is 3. The molecular formula is C21H19FN4O3S. The number of fused-ring (bicyclic) bond motifs is 1. The number of aromatic nitrogens is 3. The standard InChI is InChI=1S/C21H19FN4O3S/c1-28-17-7-2-3-8-18(17)29-12-19(27)23-10-9-16-13-30-21-24-20(25-26(16)21)14-5-4-6-15(22)11-14/h2-8,11,13H,9-10,12H2,1H3,(H,23,27). The number of hydrogen-bond donors (Lipinski definition) is 1. The number of rotatable bonds is 8. The number of carbonyl (C=O) groups excluding carboxylic acids is 1. The fourth-order valence-corrected chi connectivity index (χ4v) is 3.77. The van der Waals surface area contributed by atoms with Gasteiger partial charge >= 0.3 is 0 Å². The molecule has 0 bridgehead atoms. The molecule has 0 aliphatic heterocycles. The number of nitrogens with one attached hydrogen (secondary N) is 1. The fraction of sp³-hybridized carbons (Fsp3) is 0.190. The van der Waals surface area contributed by atoms with E-state index in [9.17, 15) is 9.18 Å². The first-order valence-electron chi connectivity index (χ1n) is 9.25. The quantitative estimate of drug-likeness (QED) is 0.468. The van der Waals surface area contributed by atoms with E-state index in [0.29, 0.717) is 35.9 Å². The third-order valence-electron chi connectivity index (χ3n) is 4.36. The van der Waals surface area contributed by atoms with Crippen LogP contribution in [0.3, 0.4) is 0 Å². The molecule has 0 radical (unpaired) electrons. The molecule has 0 saturated heterocycles. The van der Waals surface area contributed by atoms with Gasteiger partial charge in [0, 0.05) is 23.9 Å². The molecule has 1 amide bonds. The monoisotopic (exact) mass is 426 g/mol. The van der Waals surface area contributed by atoms with Crippen molar-refractivity contribution in [1.29, 1.82) is 0 Å². The maximum Gasteiger partial charge on any atom is 0.257 e. The van der Waals surface area contributed by atoms with Crippen LogP contribution in [0.1, 0.15) is 5.69 Å². The average Bonchev–Trinajstić information content (AvgIpc) is 3.34. The van der Waals surface area contributed by atoms with Crippen molar-refractivity contribution in [2.45, 2.75) is 6.42 Å². The van der Waals surface area contributed by atoms with E-state index in [2.05, 4.69) is 15.4 Å². The first-order valence-corrected chi connectivity index (χ1v) is 10.1. The molecule has 0 aliphatic rings. The van der Waals surface area contributed by atoms with Gasteiger partial charge in [-0.15, -0.1) is 16.4 Å². The molecule has 0 aliphatic carbocycles. The summed E-state index contributed by atoms with van der Waals surface area (Å²) in [5.41, 5.74) is 1.54. The minimum Gasteiger partial charge on any atom is -0.493 e. The van der Waals surface area contributed by atoms with Gasteiger partial charge < -0.3 is 14.8 Å². The highest BCUT2D eigenvalue weighted by Gasteiger charge is 2.12. The van der Waals surface area contributed by atoms with Crippen LogP contribution in [-0.4, -0.2) is 40.8 Å². The van der Waals surface area contributed by atoms with E-state index in [1.807, 2.05) is 17.5 Å². The average molecular weight is 426 g/mol. The largest absolute Gasteiger partial charge is 0.493 e. The van der Waals surface area contributed by atoms with Gasteiger partial charge in [0.05, 0.1) is 12.8 Å². The minimum absolute atomic E-state index is 0.105. The zero-order chi connectivity index (χ0) is 20.9. The van der Waals surface area contributed by atoms with Gasteiger partial charge in [-0.1, -0.05) is 24.3 Å². The summed E-state index contributed by atoms with van der Waals surface area (Å²) in [7, 11) is 1.55. The molecule has 1 N–H and O–H groups in total. The van der Waals surface area contributed by atoms with Gasteiger partial charge in [-0.05, 0) is 24.3 Å². The Morgan fingerprint density at radius 1 is 1.20 bits per heavy atom. The molecule has 7 nitrogen and oxygen atoms in total. The molecule has 154 valence electrons. The highest BCUT2D eigenvalue weighted by atomic mass is 32.1. The van der Waals surface area contributed by atoms with E-state index in [1.165, 1.54) is 23.5 Å². The topological polar surface area (TPSA) is 77.8 Å². The van der Waals surface area contributed by atoms with E-state index in [0.717, 1.165) is 10.7 Å².